The number of carbonyl (C=O) groups excluding carboxylic acids is 1. The van der Waals surface area contributed by atoms with Crippen LogP contribution in [0.4, 0.5) is 0 Å². The Balaban J connectivity index is 1.59. The van der Waals surface area contributed by atoms with Crippen molar-refractivity contribution < 1.29 is 29.2 Å². The summed E-state index contributed by atoms with van der Waals surface area (Å²) in [6.45, 7) is 6.36. The van der Waals surface area contributed by atoms with Crippen molar-refractivity contribution >= 4 is 5.91 Å². The number of ether oxygens (including phenoxy) is 3. The van der Waals surface area contributed by atoms with E-state index in [0.717, 1.165) is 19.3 Å². The number of aliphatic hydroxyl groups excluding tert-OH is 2. The van der Waals surface area contributed by atoms with Crippen molar-refractivity contribution in [1.29, 1.82) is 0 Å². The van der Waals surface area contributed by atoms with Gasteiger partial charge < -0.3 is 29.3 Å². The largest absolute Gasteiger partial charge is 0.390 e. The molecule has 0 saturated carbocycles. The summed E-state index contributed by atoms with van der Waals surface area (Å²) in [5.41, 5.74) is 0. The van der Waals surface area contributed by atoms with E-state index in [9.17, 15) is 15.0 Å². The molecule has 0 bridgehead atoms. The zero-order chi connectivity index (χ0) is 17.5. The monoisotopic (exact) mass is 345 g/mol. The molecule has 5 atom stereocenters. The van der Waals surface area contributed by atoms with Crippen LogP contribution < -0.4 is 0 Å². The quantitative estimate of drug-likeness (QED) is 0.659. The maximum atomic E-state index is 12.0. The van der Waals surface area contributed by atoms with Gasteiger partial charge in [-0.1, -0.05) is 6.42 Å². The van der Waals surface area contributed by atoms with Crippen molar-refractivity contribution in [2.45, 2.75) is 76.7 Å². The van der Waals surface area contributed by atoms with E-state index >= 15 is 0 Å². The Kier molecular flexibility index (Phi) is 7.90. The molecule has 2 aliphatic rings. The predicted molar refractivity (Wildman–Crippen MR) is 87.4 cm³/mol. The molecule has 140 valence electrons. The van der Waals surface area contributed by atoms with E-state index in [4.69, 9.17) is 14.2 Å². The summed E-state index contributed by atoms with van der Waals surface area (Å²) in [5, 5.41) is 19.6. The fourth-order valence-electron chi connectivity index (χ4n) is 3.04. The van der Waals surface area contributed by atoms with E-state index in [2.05, 4.69) is 0 Å². The van der Waals surface area contributed by atoms with E-state index in [0.29, 0.717) is 32.7 Å². The minimum Gasteiger partial charge on any atom is -0.390 e. The molecule has 2 fully saturated rings. The highest BCUT2D eigenvalue weighted by Gasteiger charge is 2.35. The van der Waals surface area contributed by atoms with E-state index < -0.39 is 18.5 Å². The fraction of sp³-hybridized carbons (Fsp3) is 0.941. The topological polar surface area (TPSA) is 88.5 Å². The second-order valence-corrected chi connectivity index (χ2v) is 6.77. The van der Waals surface area contributed by atoms with Gasteiger partial charge in [-0.25, -0.2) is 0 Å². The summed E-state index contributed by atoms with van der Waals surface area (Å²) in [6.07, 6.45) is 0.801. The van der Waals surface area contributed by atoms with Crippen molar-refractivity contribution in [2.24, 2.45) is 0 Å². The van der Waals surface area contributed by atoms with E-state index in [-0.39, 0.29) is 24.5 Å². The number of hydrogen-bond donors (Lipinski definition) is 2. The highest BCUT2D eigenvalue weighted by atomic mass is 16.7. The Labute approximate surface area is 143 Å². The van der Waals surface area contributed by atoms with Crippen LogP contribution in [0.25, 0.3) is 0 Å². The number of rotatable bonds is 7. The zero-order valence-electron chi connectivity index (χ0n) is 14.7. The normalized spacial score (nSPS) is 32.6. The van der Waals surface area contributed by atoms with Gasteiger partial charge in [0, 0.05) is 25.9 Å². The molecule has 0 spiro atoms. The maximum Gasteiger partial charge on any atom is 0.222 e. The Morgan fingerprint density at radius 2 is 1.96 bits per heavy atom. The fourth-order valence-corrected chi connectivity index (χ4v) is 3.04. The molecule has 1 unspecified atom stereocenters. The summed E-state index contributed by atoms with van der Waals surface area (Å²) >= 11 is 0. The first-order valence-corrected chi connectivity index (χ1v) is 9.00. The third-order valence-corrected chi connectivity index (χ3v) is 4.67. The number of amides is 1. The van der Waals surface area contributed by atoms with Gasteiger partial charge in [0.2, 0.25) is 5.91 Å². The summed E-state index contributed by atoms with van der Waals surface area (Å²) in [5.74, 6) is 0.195. The summed E-state index contributed by atoms with van der Waals surface area (Å²) in [7, 11) is 0. The number of morpholine rings is 1. The van der Waals surface area contributed by atoms with Crippen molar-refractivity contribution in [3.05, 3.63) is 0 Å². The lowest BCUT2D eigenvalue weighted by molar-refractivity contribution is -0.273. The van der Waals surface area contributed by atoms with Crippen LogP contribution in [0.5, 0.6) is 0 Å². The van der Waals surface area contributed by atoms with Crippen molar-refractivity contribution in [3.63, 3.8) is 0 Å². The molecule has 2 saturated heterocycles. The van der Waals surface area contributed by atoms with E-state index in [1.54, 1.807) is 6.92 Å². The first-order chi connectivity index (χ1) is 11.5. The third kappa shape index (κ3) is 5.97. The predicted octanol–water partition coefficient (Wildman–Crippen LogP) is 0.667. The first-order valence-electron chi connectivity index (χ1n) is 9.00. The lowest BCUT2D eigenvalue weighted by Gasteiger charge is -2.36. The van der Waals surface area contributed by atoms with Crippen LogP contribution in [-0.4, -0.2) is 78.0 Å². The summed E-state index contributed by atoms with van der Waals surface area (Å²) < 4.78 is 16.5. The van der Waals surface area contributed by atoms with Gasteiger partial charge in [0.25, 0.3) is 0 Å². The Bertz CT molecular complexity index is 387. The number of unbranched alkanes of at least 4 members (excludes halogenated alkanes) is 1. The molecule has 0 aromatic carbocycles. The number of nitrogens with zero attached hydrogens (tertiary/aromatic N) is 1. The van der Waals surface area contributed by atoms with Crippen molar-refractivity contribution in [3.8, 4) is 0 Å². The summed E-state index contributed by atoms with van der Waals surface area (Å²) in [6, 6.07) is 0. The maximum absolute atomic E-state index is 12.0. The molecule has 1 amide bonds. The highest BCUT2D eigenvalue weighted by molar-refractivity contribution is 5.76. The minimum atomic E-state index is -0.804. The number of aliphatic hydroxyl groups is 2. The van der Waals surface area contributed by atoms with Crippen LogP contribution in [0.15, 0.2) is 0 Å². The molecule has 24 heavy (non-hydrogen) atoms. The Hall–Kier alpha value is -0.730. The van der Waals surface area contributed by atoms with E-state index in [1.165, 1.54) is 0 Å². The van der Waals surface area contributed by atoms with Gasteiger partial charge in [0.1, 0.15) is 6.10 Å². The van der Waals surface area contributed by atoms with Crippen LogP contribution in [0, 0.1) is 0 Å². The molecule has 2 aliphatic heterocycles. The molecular formula is C17H31NO6. The van der Waals surface area contributed by atoms with Gasteiger partial charge in [-0.15, -0.1) is 0 Å². The van der Waals surface area contributed by atoms with Crippen LogP contribution >= 0.6 is 0 Å². The summed E-state index contributed by atoms with van der Waals surface area (Å²) in [4.78, 5) is 13.9. The average molecular weight is 345 g/mol. The molecular weight excluding hydrogens is 314 g/mol. The molecule has 7 nitrogen and oxygen atoms in total. The molecule has 0 aromatic heterocycles. The van der Waals surface area contributed by atoms with Crippen LogP contribution in [0.3, 0.4) is 0 Å². The van der Waals surface area contributed by atoms with Crippen LogP contribution in [0.1, 0.15) is 46.0 Å². The Morgan fingerprint density at radius 3 is 2.67 bits per heavy atom. The highest BCUT2D eigenvalue weighted by Crippen LogP contribution is 2.23. The zero-order valence-corrected chi connectivity index (χ0v) is 14.7. The molecule has 0 aliphatic carbocycles. The lowest BCUT2D eigenvalue weighted by Crippen LogP contribution is -2.48. The SMILES string of the molecule is CC(CCCCC(=O)N1CCOCC1)O[C@@H]1O[C@@H](C)[C@H](O)C[C@H]1O. The van der Waals surface area contributed by atoms with Crippen molar-refractivity contribution in [1.82, 2.24) is 4.90 Å². The first kappa shape index (κ1) is 19.6. The molecule has 7 heteroatoms. The Morgan fingerprint density at radius 1 is 1.25 bits per heavy atom. The van der Waals surface area contributed by atoms with Crippen molar-refractivity contribution in [2.75, 3.05) is 26.3 Å². The van der Waals surface area contributed by atoms with Gasteiger partial charge in [-0.3, -0.25) is 4.79 Å². The van der Waals surface area contributed by atoms with Crippen LogP contribution in [0.2, 0.25) is 0 Å². The number of hydrogen-bond acceptors (Lipinski definition) is 6. The second-order valence-electron chi connectivity index (χ2n) is 6.77. The van der Waals surface area contributed by atoms with Gasteiger partial charge in [-0.2, -0.15) is 0 Å². The second kappa shape index (κ2) is 9.68. The van der Waals surface area contributed by atoms with Gasteiger partial charge >= 0.3 is 0 Å². The molecule has 2 N–H and O–H groups in total. The number of carbonyl (C=O) groups is 1. The average Bonchev–Trinajstić information content (AvgIpc) is 2.57. The van der Waals surface area contributed by atoms with Gasteiger partial charge in [-0.05, 0) is 26.7 Å². The smallest absolute Gasteiger partial charge is 0.222 e. The van der Waals surface area contributed by atoms with Gasteiger partial charge in [0.15, 0.2) is 6.29 Å². The lowest BCUT2D eigenvalue weighted by atomic mass is 10.0. The molecule has 2 rings (SSSR count). The van der Waals surface area contributed by atoms with Crippen LogP contribution in [-0.2, 0) is 19.0 Å². The minimum absolute atomic E-state index is 0.0643. The van der Waals surface area contributed by atoms with E-state index in [1.807, 2.05) is 11.8 Å². The molecule has 0 aromatic rings. The standard InChI is InChI=1S/C17H31NO6/c1-12(23-17-15(20)11-14(19)13(2)24-17)5-3-4-6-16(21)18-7-9-22-10-8-18/h12-15,17,19-20H,3-11H2,1-2H3/t12?,13-,14+,15+,17+/m0/s1. The van der Waals surface area contributed by atoms with Gasteiger partial charge in [0.05, 0.1) is 31.5 Å². The molecule has 2 heterocycles. The third-order valence-electron chi connectivity index (χ3n) is 4.67. The molecule has 0 radical (unpaired) electrons.